The van der Waals surface area contributed by atoms with E-state index in [-0.39, 0.29) is 5.91 Å². The third-order valence-corrected chi connectivity index (χ3v) is 3.35. The van der Waals surface area contributed by atoms with Gasteiger partial charge in [-0.05, 0) is 32.4 Å². The van der Waals surface area contributed by atoms with Crippen molar-refractivity contribution in [1.82, 2.24) is 9.88 Å². The van der Waals surface area contributed by atoms with Gasteiger partial charge >= 0.3 is 0 Å². The normalized spacial score (nSPS) is 10.2. The highest BCUT2D eigenvalue weighted by Gasteiger charge is 2.12. The number of pyridine rings is 1. The van der Waals surface area contributed by atoms with Crippen LogP contribution in [0.4, 0.5) is 0 Å². The zero-order valence-corrected chi connectivity index (χ0v) is 12.1. The van der Waals surface area contributed by atoms with Crippen molar-refractivity contribution in [1.29, 1.82) is 0 Å². The predicted octanol–water partition coefficient (Wildman–Crippen LogP) is 2.91. The summed E-state index contributed by atoms with van der Waals surface area (Å²) in [6, 6.07) is 3.95. The first-order valence-electron chi connectivity index (χ1n) is 6.00. The van der Waals surface area contributed by atoms with E-state index < -0.39 is 0 Å². The van der Waals surface area contributed by atoms with Crippen molar-refractivity contribution in [3.8, 4) is 0 Å². The van der Waals surface area contributed by atoms with E-state index in [0.717, 1.165) is 16.2 Å². The van der Waals surface area contributed by atoms with Crippen LogP contribution in [0.3, 0.4) is 0 Å². The second-order valence-corrected chi connectivity index (χ2v) is 5.32. The van der Waals surface area contributed by atoms with Gasteiger partial charge in [0.05, 0.1) is 10.8 Å². The molecule has 1 rings (SSSR count). The van der Waals surface area contributed by atoms with Crippen LogP contribution in [0.15, 0.2) is 35.5 Å². The van der Waals surface area contributed by atoms with Gasteiger partial charge in [-0.3, -0.25) is 4.79 Å². The monoisotopic (exact) mass is 264 g/mol. The predicted molar refractivity (Wildman–Crippen MR) is 76.8 cm³/mol. The molecule has 1 amide bonds. The van der Waals surface area contributed by atoms with Crippen LogP contribution in [0.25, 0.3) is 0 Å². The average Bonchev–Trinajstić information content (AvgIpc) is 2.34. The summed E-state index contributed by atoms with van der Waals surface area (Å²) in [5.41, 5.74) is 2.13. The highest BCUT2D eigenvalue weighted by atomic mass is 32.2. The minimum absolute atomic E-state index is 0.132. The van der Waals surface area contributed by atoms with Crippen LogP contribution in [0.2, 0.25) is 0 Å². The van der Waals surface area contributed by atoms with Crippen LogP contribution in [-0.4, -0.2) is 34.6 Å². The van der Waals surface area contributed by atoms with Crippen molar-refractivity contribution in [2.75, 3.05) is 18.8 Å². The fraction of sp³-hybridized carbons (Fsp3) is 0.429. The smallest absolute Gasteiger partial charge is 0.233 e. The average molecular weight is 264 g/mol. The van der Waals surface area contributed by atoms with Crippen LogP contribution in [0.5, 0.6) is 0 Å². The Bertz CT molecular complexity index is 414. The summed E-state index contributed by atoms with van der Waals surface area (Å²) < 4.78 is 0. The Morgan fingerprint density at radius 2 is 2.22 bits per heavy atom. The molecular formula is C14H20N2OS. The van der Waals surface area contributed by atoms with E-state index >= 15 is 0 Å². The summed E-state index contributed by atoms with van der Waals surface area (Å²) in [7, 11) is 0. The maximum Gasteiger partial charge on any atom is 0.233 e. The van der Waals surface area contributed by atoms with Gasteiger partial charge in [0.1, 0.15) is 0 Å². The van der Waals surface area contributed by atoms with Gasteiger partial charge in [0.15, 0.2) is 0 Å². The molecule has 0 saturated heterocycles. The van der Waals surface area contributed by atoms with E-state index in [9.17, 15) is 4.79 Å². The summed E-state index contributed by atoms with van der Waals surface area (Å²) in [6.07, 6.45) is 1.82. The molecular weight excluding hydrogens is 244 g/mol. The summed E-state index contributed by atoms with van der Waals surface area (Å²) in [5, 5.41) is 0.889. The van der Waals surface area contributed by atoms with Crippen molar-refractivity contribution in [3.63, 3.8) is 0 Å². The van der Waals surface area contributed by atoms with Gasteiger partial charge in [-0.25, -0.2) is 4.98 Å². The molecule has 1 aromatic heterocycles. The second kappa shape index (κ2) is 7.21. The molecule has 18 heavy (non-hydrogen) atoms. The number of rotatable bonds is 6. The third kappa shape index (κ3) is 4.92. The Kier molecular flexibility index (Phi) is 5.92. The van der Waals surface area contributed by atoms with Crippen molar-refractivity contribution in [3.05, 3.63) is 36.0 Å². The van der Waals surface area contributed by atoms with Gasteiger partial charge in [0.2, 0.25) is 5.91 Å². The van der Waals surface area contributed by atoms with E-state index in [0.29, 0.717) is 18.8 Å². The molecule has 0 atom stereocenters. The lowest BCUT2D eigenvalue weighted by molar-refractivity contribution is -0.127. The molecule has 0 radical (unpaired) electrons. The summed E-state index contributed by atoms with van der Waals surface area (Å²) in [5.74, 6) is 0.560. The molecule has 0 unspecified atom stereocenters. The summed E-state index contributed by atoms with van der Waals surface area (Å²) in [6.45, 7) is 11.1. The third-order valence-electron chi connectivity index (χ3n) is 2.42. The van der Waals surface area contributed by atoms with Crippen LogP contribution in [0, 0.1) is 6.92 Å². The van der Waals surface area contributed by atoms with E-state index in [4.69, 9.17) is 0 Å². The SMILES string of the molecule is C=C(C)CN(CC)C(=O)CSc1ccc(C)cn1. The quantitative estimate of drug-likeness (QED) is 0.585. The number of hydrogen-bond acceptors (Lipinski definition) is 3. The zero-order valence-electron chi connectivity index (χ0n) is 11.3. The first-order chi connectivity index (χ1) is 8.52. The minimum Gasteiger partial charge on any atom is -0.338 e. The molecule has 1 aromatic rings. The molecule has 0 aliphatic rings. The highest BCUT2D eigenvalue weighted by molar-refractivity contribution is 7.99. The first-order valence-corrected chi connectivity index (χ1v) is 6.99. The lowest BCUT2D eigenvalue weighted by atomic mass is 10.3. The van der Waals surface area contributed by atoms with Crippen molar-refractivity contribution in [2.45, 2.75) is 25.8 Å². The number of thioether (sulfide) groups is 1. The van der Waals surface area contributed by atoms with Crippen molar-refractivity contribution >= 4 is 17.7 Å². The molecule has 98 valence electrons. The lowest BCUT2D eigenvalue weighted by Crippen LogP contribution is -2.33. The Morgan fingerprint density at radius 1 is 1.50 bits per heavy atom. The van der Waals surface area contributed by atoms with Crippen molar-refractivity contribution < 1.29 is 4.79 Å². The van der Waals surface area contributed by atoms with E-state index in [1.807, 2.05) is 44.0 Å². The van der Waals surface area contributed by atoms with Crippen LogP contribution in [-0.2, 0) is 4.79 Å². The minimum atomic E-state index is 0.132. The number of carbonyl (C=O) groups is 1. The Labute approximate surface area is 113 Å². The molecule has 1 heterocycles. The van der Waals surface area contributed by atoms with E-state index in [1.165, 1.54) is 11.8 Å². The highest BCUT2D eigenvalue weighted by Crippen LogP contribution is 2.15. The summed E-state index contributed by atoms with van der Waals surface area (Å²) in [4.78, 5) is 18.1. The fourth-order valence-corrected chi connectivity index (χ4v) is 2.21. The van der Waals surface area contributed by atoms with E-state index in [1.54, 1.807) is 0 Å². The molecule has 0 aliphatic heterocycles. The number of likely N-dealkylation sites (N-methyl/N-ethyl adjacent to an activating group) is 1. The first kappa shape index (κ1) is 14.8. The Balaban J connectivity index is 2.49. The van der Waals surface area contributed by atoms with Crippen LogP contribution >= 0.6 is 11.8 Å². The van der Waals surface area contributed by atoms with Crippen LogP contribution in [0.1, 0.15) is 19.4 Å². The molecule has 4 heteroatoms. The Hall–Kier alpha value is -1.29. The molecule has 0 N–H and O–H groups in total. The molecule has 0 bridgehead atoms. The number of amides is 1. The molecule has 0 aliphatic carbocycles. The molecule has 0 fully saturated rings. The molecule has 0 saturated carbocycles. The number of nitrogens with zero attached hydrogens (tertiary/aromatic N) is 2. The van der Waals surface area contributed by atoms with Gasteiger partial charge in [-0.1, -0.05) is 30.0 Å². The van der Waals surface area contributed by atoms with E-state index in [2.05, 4.69) is 11.6 Å². The van der Waals surface area contributed by atoms with Gasteiger partial charge in [-0.2, -0.15) is 0 Å². The Morgan fingerprint density at radius 3 is 2.72 bits per heavy atom. The molecule has 3 nitrogen and oxygen atoms in total. The second-order valence-electron chi connectivity index (χ2n) is 4.33. The number of carbonyl (C=O) groups excluding carboxylic acids is 1. The number of hydrogen-bond donors (Lipinski definition) is 0. The van der Waals surface area contributed by atoms with Gasteiger partial charge in [0.25, 0.3) is 0 Å². The maximum atomic E-state index is 12.0. The standard InChI is InChI=1S/C14H20N2OS/c1-5-16(9-11(2)3)14(17)10-18-13-7-6-12(4)8-15-13/h6-8H,2,5,9-10H2,1,3-4H3. The fourth-order valence-electron chi connectivity index (χ4n) is 1.47. The summed E-state index contributed by atoms with van der Waals surface area (Å²) >= 11 is 1.48. The van der Waals surface area contributed by atoms with Gasteiger partial charge in [0, 0.05) is 19.3 Å². The van der Waals surface area contributed by atoms with Gasteiger partial charge in [-0.15, -0.1) is 0 Å². The maximum absolute atomic E-state index is 12.0. The molecule has 0 aromatic carbocycles. The van der Waals surface area contributed by atoms with Crippen molar-refractivity contribution in [2.24, 2.45) is 0 Å². The zero-order chi connectivity index (χ0) is 13.5. The largest absolute Gasteiger partial charge is 0.338 e. The number of aryl methyl sites for hydroxylation is 1. The molecule has 0 spiro atoms. The van der Waals surface area contributed by atoms with Gasteiger partial charge < -0.3 is 4.90 Å². The topological polar surface area (TPSA) is 33.2 Å². The lowest BCUT2D eigenvalue weighted by Gasteiger charge is -2.20. The van der Waals surface area contributed by atoms with Crippen LogP contribution < -0.4 is 0 Å². The number of aromatic nitrogens is 1.